The number of aliphatic imine (C=N–C) groups is 1. The number of aryl methyl sites for hydroxylation is 1. The molecule has 0 bridgehead atoms. The van der Waals surface area contributed by atoms with Gasteiger partial charge in [-0.1, -0.05) is 26.0 Å². The smallest absolute Gasteiger partial charge is 0.155 e. The Hall–Kier alpha value is -2.29. The van der Waals surface area contributed by atoms with Crippen LogP contribution in [0.5, 0.6) is 0 Å². The lowest BCUT2D eigenvalue weighted by molar-refractivity contribution is 0.608. The molecule has 0 saturated heterocycles. The lowest BCUT2D eigenvalue weighted by Crippen LogP contribution is -2.11. The van der Waals surface area contributed by atoms with Crippen LogP contribution in [-0.2, 0) is 6.42 Å². The summed E-state index contributed by atoms with van der Waals surface area (Å²) in [5, 5.41) is 0. The van der Waals surface area contributed by atoms with Gasteiger partial charge >= 0.3 is 0 Å². The standard InChI is InChI=1S/C20H21N3/c1-11(2)19-13(4)23-20-17(19)9-14(10-21-20)15-7-8-18-16(15)6-5-12(3)22-18/h5-7,9-11,19H,8H2,1-4H3. The Morgan fingerprint density at radius 2 is 2.00 bits per heavy atom. The van der Waals surface area contributed by atoms with E-state index in [-0.39, 0.29) is 0 Å². The molecule has 1 aliphatic carbocycles. The molecule has 0 radical (unpaired) electrons. The third-order valence-electron chi connectivity index (χ3n) is 4.84. The van der Waals surface area contributed by atoms with E-state index in [1.807, 2.05) is 13.1 Å². The number of allylic oxidation sites excluding steroid dienone is 1. The molecule has 0 fully saturated rings. The summed E-state index contributed by atoms with van der Waals surface area (Å²) in [5.41, 5.74) is 8.39. The van der Waals surface area contributed by atoms with Crippen LogP contribution in [0.25, 0.3) is 5.57 Å². The number of hydrogen-bond donors (Lipinski definition) is 0. The lowest BCUT2D eigenvalue weighted by Gasteiger charge is -2.17. The molecule has 0 N–H and O–H groups in total. The first kappa shape index (κ1) is 14.3. The topological polar surface area (TPSA) is 38.1 Å². The second-order valence-corrected chi connectivity index (χ2v) is 6.88. The molecule has 3 heteroatoms. The number of rotatable bonds is 2. The zero-order chi connectivity index (χ0) is 16.1. The van der Waals surface area contributed by atoms with Gasteiger partial charge in [-0.15, -0.1) is 0 Å². The van der Waals surface area contributed by atoms with Crippen molar-refractivity contribution in [3.05, 3.63) is 58.6 Å². The van der Waals surface area contributed by atoms with E-state index in [0.29, 0.717) is 11.8 Å². The highest BCUT2D eigenvalue weighted by Crippen LogP contribution is 2.41. The van der Waals surface area contributed by atoms with E-state index in [4.69, 9.17) is 0 Å². The molecule has 0 saturated carbocycles. The SMILES string of the molecule is CC1=Nc2ncc(C3=CCc4nc(C)ccc43)cc2C1C(C)C. The quantitative estimate of drug-likeness (QED) is 0.812. The van der Waals surface area contributed by atoms with E-state index in [2.05, 4.69) is 60.0 Å². The van der Waals surface area contributed by atoms with Gasteiger partial charge in [0.25, 0.3) is 0 Å². The van der Waals surface area contributed by atoms with Gasteiger partial charge < -0.3 is 0 Å². The predicted molar refractivity (Wildman–Crippen MR) is 94.3 cm³/mol. The predicted octanol–water partition coefficient (Wildman–Crippen LogP) is 4.62. The van der Waals surface area contributed by atoms with E-state index in [1.54, 1.807) is 0 Å². The highest BCUT2D eigenvalue weighted by molar-refractivity contribution is 5.96. The molecule has 2 aliphatic rings. The average Bonchev–Trinajstić information content (AvgIpc) is 3.05. The molecule has 0 amide bonds. The van der Waals surface area contributed by atoms with Crippen molar-refractivity contribution in [2.45, 2.75) is 40.0 Å². The van der Waals surface area contributed by atoms with E-state index < -0.39 is 0 Å². The summed E-state index contributed by atoms with van der Waals surface area (Å²) < 4.78 is 0. The average molecular weight is 303 g/mol. The molecular weight excluding hydrogens is 282 g/mol. The molecule has 2 aromatic heterocycles. The number of aromatic nitrogens is 2. The third kappa shape index (κ3) is 2.23. The number of fused-ring (bicyclic) bond motifs is 2. The van der Waals surface area contributed by atoms with E-state index in [0.717, 1.165) is 17.9 Å². The molecule has 4 rings (SSSR count). The summed E-state index contributed by atoms with van der Waals surface area (Å²) in [5.74, 6) is 1.81. The maximum atomic E-state index is 4.66. The van der Waals surface area contributed by atoms with Crippen LogP contribution in [0.2, 0.25) is 0 Å². The van der Waals surface area contributed by atoms with Gasteiger partial charge in [-0.05, 0) is 37.5 Å². The summed E-state index contributed by atoms with van der Waals surface area (Å²) >= 11 is 0. The highest BCUT2D eigenvalue weighted by Gasteiger charge is 2.29. The number of nitrogens with zero attached hydrogens (tertiary/aromatic N) is 3. The lowest BCUT2D eigenvalue weighted by atomic mass is 9.86. The fraction of sp³-hybridized carbons (Fsp3) is 0.350. The Bertz CT molecular complexity index is 859. The fourth-order valence-electron chi connectivity index (χ4n) is 3.84. The zero-order valence-electron chi connectivity index (χ0n) is 14.1. The van der Waals surface area contributed by atoms with Crippen LogP contribution in [0, 0.1) is 12.8 Å². The monoisotopic (exact) mass is 303 g/mol. The molecule has 0 aromatic carbocycles. The Morgan fingerprint density at radius 1 is 1.17 bits per heavy atom. The minimum absolute atomic E-state index is 0.384. The Morgan fingerprint density at radius 3 is 2.78 bits per heavy atom. The minimum Gasteiger partial charge on any atom is -0.257 e. The van der Waals surface area contributed by atoms with Gasteiger partial charge in [-0.3, -0.25) is 4.98 Å². The van der Waals surface area contributed by atoms with Crippen molar-refractivity contribution in [3.8, 4) is 0 Å². The number of hydrogen-bond acceptors (Lipinski definition) is 3. The molecule has 3 heterocycles. The van der Waals surface area contributed by atoms with Crippen molar-refractivity contribution in [2.75, 3.05) is 0 Å². The molecule has 23 heavy (non-hydrogen) atoms. The van der Waals surface area contributed by atoms with Crippen molar-refractivity contribution < 1.29 is 0 Å². The normalized spacial score (nSPS) is 18.7. The molecule has 116 valence electrons. The Labute approximate surface area is 137 Å². The molecule has 1 aliphatic heterocycles. The zero-order valence-corrected chi connectivity index (χ0v) is 14.1. The van der Waals surface area contributed by atoms with E-state index >= 15 is 0 Å². The van der Waals surface area contributed by atoms with Gasteiger partial charge in [0.05, 0.1) is 5.69 Å². The second kappa shape index (κ2) is 5.12. The summed E-state index contributed by atoms with van der Waals surface area (Å²) in [6, 6.07) is 6.56. The first-order valence-corrected chi connectivity index (χ1v) is 8.27. The van der Waals surface area contributed by atoms with Crippen LogP contribution in [-0.4, -0.2) is 15.7 Å². The van der Waals surface area contributed by atoms with Crippen molar-refractivity contribution in [1.82, 2.24) is 9.97 Å². The summed E-state index contributed by atoms with van der Waals surface area (Å²) in [7, 11) is 0. The fourth-order valence-corrected chi connectivity index (χ4v) is 3.84. The summed E-state index contributed by atoms with van der Waals surface area (Å²) in [6.07, 6.45) is 5.14. The summed E-state index contributed by atoms with van der Waals surface area (Å²) in [4.78, 5) is 13.9. The van der Waals surface area contributed by atoms with Gasteiger partial charge in [0, 0.05) is 46.6 Å². The van der Waals surface area contributed by atoms with Crippen LogP contribution < -0.4 is 0 Å². The Kier molecular flexibility index (Phi) is 3.19. The van der Waals surface area contributed by atoms with E-state index in [9.17, 15) is 0 Å². The van der Waals surface area contributed by atoms with Gasteiger partial charge in [0.15, 0.2) is 5.82 Å². The van der Waals surface area contributed by atoms with Crippen molar-refractivity contribution in [2.24, 2.45) is 10.9 Å². The Balaban J connectivity index is 1.78. The van der Waals surface area contributed by atoms with Gasteiger partial charge in [-0.2, -0.15) is 0 Å². The first-order chi connectivity index (χ1) is 11.0. The summed E-state index contributed by atoms with van der Waals surface area (Å²) in [6.45, 7) is 8.66. The molecule has 3 nitrogen and oxygen atoms in total. The largest absolute Gasteiger partial charge is 0.257 e. The van der Waals surface area contributed by atoms with E-state index in [1.165, 1.54) is 33.7 Å². The molecular formula is C20H21N3. The molecule has 1 unspecified atom stereocenters. The van der Waals surface area contributed by atoms with Crippen LogP contribution >= 0.6 is 0 Å². The number of pyridine rings is 2. The van der Waals surface area contributed by atoms with Crippen molar-refractivity contribution in [3.63, 3.8) is 0 Å². The van der Waals surface area contributed by atoms with Crippen LogP contribution in [0.3, 0.4) is 0 Å². The molecule has 2 aromatic rings. The van der Waals surface area contributed by atoms with Gasteiger partial charge in [0.2, 0.25) is 0 Å². The second-order valence-electron chi connectivity index (χ2n) is 6.88. The van der Waals surface area contributed by atoms with Crippen molar-refractivity contribution >= 4 is 17.1 Å². The third-order valence-corrected chi connectivity index (χ3v) is 4.84. The molecule has 0 spiro atoms. The highest BCUT2D eigenvalue weighted by atomic mass is 14.9. The maximum absolute atomic E-state index is 4.66. The van der Waals surface area contributed by atoms with Crippen LogP contribution in [0.15, 0.2) is 35.5 Å². The maximum Gasteiger partial charge on any atom is 0.155 e. The van der Waals surface area contributed by atoms with Crippen LogP contribution in [0.4, 0.5) is 5.82 Å². The van der Waals surface area contributed by atoms with Crippen LogP contribution in [0.1, 0.15) is 54.8 Å². The molecule has 1 atom stereocenters. The first-order valence-electron chi connectivity index (χ1n) is 8.27. The van der Waals surface area contributed by atoms with Crippen molar-refractivity contribution in [1.29, 1.82) is 0 Å². The minimum atomic E-state index is 0.384. The van der Waals surface area contributed by atoms with Gasteiger partial charge in [-0.25, -0.2) is 9.98 Å². The van der Waals surface area contributed by atoms with Gasteiger partial charge in [0.1, 0.15) is 0 Å².